The number of fused-ring (bicyclic) bond motifs is 1. The first-order valence-electron chi connectivity index (χ1n) is 5.72. The number of esters is 1. The summed E-state index contributed by atoms with van der Waals surface area (Å²) in [6.07, 6.45) is 0. The van der Waals surface area contributed by atoms with E-state index in [1.807, 2.05) is 0 Å². The highest BCUT2D eigenvalue weighted by Gasteiger charge is 2.32. The minimum absolute atomic E-state index is 0.00337. The third kappa shape index (κ3) is 2.41. The third-order valence-corrected chi connectivity index (χ3v) is 5.33. The summed E-state index contributed by atoms with van der Waals surface area (Å²) in [7, 11) is 1.39. The first kappa shape index (κ1) is 12.7. The van der Waals surface area contributed by atoms with Crippen molar-refractivity contribution in [1.82, 2.24) is 10.3 Å². The predicted molar refractivity (Wildman–Crippen MR) is 75.4 cm³/mol. The normalized spacial score (nSPS) is 22.8. The molecule has 19 heavy (non-hydrogen) atoms. The highest BCUT2D eigenvalue weighted by Crippen LogP contribution is 2.37. The molecule has 0 saturated carbocycles. The van der Waals surface area contributed by atoms with Crippen LogP contribution >= 0.6 is 23.1 Å². The lowest BCUT2D eigenvalue weighted by molar-refractivity contribution is -0.142. The number of hydrogen-bond acceptors (Lipinski definition) is 7. The van der Waals surface area contributed by atoms with Gasteiger partial charge in [-0.15, -0.1) is 23.1 Å². The maximum Gasteiger partial charge on any atom is 0.323 e. The van der Waals surface area contributed by atoms with Crippen LogP contribution in [0.3, 0.4) is 0 Å². The Labute approximate surface area is 118 Å². The van der Waals surface area contributed by atoms with E-state index in [2.05, 4.69) is 10.3 Å². The van der Waals surface area contributed by atoms with Gasteiger partial charge in [0.1, 0.15) is 22.2 Å². The van der Waals surface area contributed by atoms with Gasteiger partial charge in [-0.25, -0.2) is 4.98 Å². The van der Waals surface area contributed by atoms with Gasteiger partial charge in [-0.2, -0.15) is 0 Å². The zero-order valence-corrected chi connectivity index (χ0v) is 11.8. The van der Waals surface area contributed by atoms with Gasteiger partial charge in [0.25, 0.3) is 0 Å². The van der Waals surface area contributed by atoms with Gasteiger partial charge in [-0.3, -0.25) is 10.1 Å². The Morgan fingerprint density at radius 2 is 2.42 bits per heavy atom. The van der Waals surface area contributed by atoms with E-state index in [0.717, 1.165) is 15.2 Å². The lowest BCUT2D eigenvalue weighted by atomic mass is 10.3. The van der Waals surface area contributed by atoms with Gasteiger partial charge in [-0.1, -0.05) is 0 Å². The number of benzene rings is 1. The molecule has 2 atom stereocenters. The smallest absolute Gasteiger partial charge is 0.323 e. The molecule has 3 rings (SSSR count). The van der Waals surface area contributed by atoms with Crippen LogP contribution in [-0.4, -0.2) is 35.0 Å². The lowest BCUT2D eigenvalue weighted by Crippen LogP contribution is -2.34. The van der Waals surface area contributed by atoms with Crippen molar-refractivity contribution in [3.05, 3.63) is 23.2 Å². The highest BCUT2D eigenvalue weighted by atomic mass is 32.2. The SMILES string of the molecule is COC(=O)C1CSC(c2nc3ccc(O)cc3s2)N1. The van der Waals surface area contributed by atoms with Crippen molar-refractivity contribution in [3.63, 3.8) is 0 Å². The van der Waals surface area contributed by atoms with Crippen molar-refractivity contribution in [2.75, 3.05) is 12.9 Å². The maximum atomic E-state index is 11.5. The Kier molecular flexibility index (Phi) is 3.34. The van der Waals surface area contributed by atoms with Gasteiger partial charge in [0.2, 0.25) is 0 Å². The molecule has 2 aromatic rings. The van der Waals surface area contributed by atoms with Crippen LogP contribution in [0.5, 0.6) is 5.75 Å². The van der Waals surface area contributed by atoms with Gasteiger partial charge in [0.05, 0.1) is 17.3 Å². The van der Waals surface area contributed by atoms with Crippen LogP contribution in [0.15, 0.2) is 18.2 Å². The van der Waals surface area contributed by atoms with Crippen LogP contribution in [0.25, 0.3) is 10.2 Å². The number of aromatic hydroxyl groups is 1. The van der Waals surface area contributed by atoms with E-state index in [-0.39, 0.29) is 23.1 Å². The summed E-state index contributed by atoms with van der Waals surface area (Å²) < 4.78 is 5.67. The van der Waals surface area contributed by atoms with Crippen molar-refractivity contribution in [2.45, 2.75) is 11.4 Å². The fraction of sp³-hybridized carbons (Fsp3) is 0.333. The topological polar surface area (TPSA) is 71.5 Å². The molecule has 1 aliphatic heterocycles. The van der Waals surface area contributed by atoms with Crippen molar-refractivity contribution in [2.24, 2.45) is 0 Å². The lowest BCUT2D eigenvalue weighted by Gasteiger charge is -2.08. The zero-order valence-electron chi connectivity index (χ0n) is 10.1. The van der Waals surface area contributed by atoms with Crippen LogP contribution in [-0.2, 0) is 9.53 Å². The number of carbonyl (C=O) groups is 1. The number of nitrogens with zero attached hydrogens (tertiary/aromatic N) is 1. The van der Waals surface area contributed by atoms with Crippen LogP contribution in [0, 0.1) is 0 Å². The number of aromatic nitrogens is 1. The van der Waals surface area contributed by atoms with Crippen LogP contribution < -0.4 is 5.32 Å². The Hall–Kier alpha value is -1.31. The molecule has 0 spiro atoms. The summed E-state index contributed by atoms with van der Waals surface area (Å²) in [4.78, 5) is 16.0. The molecule has 1 aromatic carbocycles. The first-order valence-corrected chi connectivity index (χ1v) is 7.59. The number of carbonyl (C=O) groups excluding carboxylic acids is 1. The molecule has 1 fully saturated rings. The van der Waals surface area contributed by atoms with Crippen molar-refractivity contribution >= 4 is 39.3 Å². The van der Waals surface area contributed by atoms with Gasteiger partial charge < -0.3 is 9.84 Å². The number of thiazole rings is 1. The Bertz CT molecular complexity index is 628. The molecule has 0 radical (unpaired) electrons. The molecular weight excluding hydrogens is 284 g/mol. The highest BCUT2D eigenvalue weighted by molar-refractivity contribution is 7.99. The molecule has 1 saturated heterocycles. The zero-order chi connectivity index (χ0) is 13.4. The minimum atomic E-state index is -0.277. The molecule has 0 amide bonds. The van der Waals surface area contributed by atoms with Crippen molar-refractivity contribution < 1.29 is 14.6 Å². The Morgan fingerprint density at radius 1 is 1.58 bits per heavy atom. The fourth-order valence-corrected chi connectivity index (χ4v) is 4.30. The largest absolute Gasteiger partial charge is 0.508 e. The molecule has 0 aliphatic carbocycles. The predicted octanol–water partition coefficient (Wildman–Crippen LogP) is 1.88. The molecule has 2 N–H and O–H groups in total. The molecule has 100 valence electrons. The fourth-order valence-electron chi connectivity index (χ4n) is 1.94. The molecule has 7 heteroatoms. The van der Waals surface area contributed by atoms with Gasteiger partial charge >= 0.3 is 5.97 Å². The average Bonchev–Trinajstić information content (AvgIpc) is 3.03. The summed E-state index contributed by atoms with van der Waals surface area (Å²) in [6, 6.07) is 4.84. The number of thioether (sulfide) groups is 1. The molecule has 2 unspecified atom stereocenters. The molecule has 1 aliphatic rings. The standard InChI is InChI=1S/C12H12N2O3S2/c1-17-12(16)8-5-18-10(14-8)11-13-7-3-2-6(15)4-9(7)19-11/h2-4,8,10,14-15H,5H2,1H3. The van der Waals surface area contributed by atoms with Crippen molar-refractivity contribution in [1.29, 1.82) is 0 Å². The van der Waals surface area contributed by atoms with Crippen LogP contribution in [0.2, 0.25) is 0 Å². The first-order chi connectivity index (χ1) is 9.17. The summed E-state index contributed by atoms with van der Waals surface area (Å²) in [6.45, 7) is 0. The van der Waals surface area contributed by atoms with Crippen LogP contribution in [0.1, 0.15) is 10.4 Å². The van der Waals surface area contributed by atoms with Gasteiger partial charge in [-0.05, 0) is 18.2 Å². The van der Waals surface area contributed by atoms with E-state index in [9.17, 15) is 9.90 Å². The third-order valence-electron chi connectivity index (χ3n) is 2.88. The molecule has 2 heterocycles. The van der Waals surface area contributed by atoms with Crippen LogP contribution in [0.4, 0.5) is 0 Å². The summed E-state index contributed by atoms with van der Waals surface area (Å²) in [5, 5.41) is 13.6. The van der Waals surface area contributed by atoms with E-state index >= 15 is 0 Å². The second-order valence-electron chi connectivity index (χ2n) is 4.16. The maximum absolute atomic E-state index is 11.5. The van der Waals surface area contributed by atoms with E-state index in [4.69, 9.17) is 4.74 Å². The monoisotopic (exact) mass is 296 g/mol. The number of methoxy groups -OCH3 is 1. The molecule has 5 nitrogen and oxygen atoms in total. The molecule has 1 aromatic heterocycles. The summed E-state index contributed by atoms with van der Waals surface area (Å²) in [5.41, 5.74) is 0.863. The average molecular weight is 296 g/mol. The van der Waals surface area contributed by atoms with E-state index < -0.39 is 0 Å². The summed E-state index contributed by atoms with van der Waals surface area (Å²) in [5.74, 6) is 0.675. The number of phenols is 1. The van der Waals surface area contributed by atoms with Crippen molar-refractivity contribution in [3.8, 4) is 5.75 Å². The molecular formula is C12H12N2O3S2. The Balaban J connectivity index is 1.83. The molecule has 0 bridgehead atoms. The minimum Gasteiger partial charge on any atom is -0.508 e. The van der Waals surface area contributed by atoms with E-state index in [1.165, 1.54) is 18.4 Å². The quantitative estimate of drug-likeness (QED) is 0.825. The number of ether oxygens (including phenoxy) is 1. The summed E-state index contributed by atoms with van der Waals surface area (Å²) >= 11 is 3.16. The number of hydrogen-bond donors (Lipinski definition) is 2. The Morgan fingerprint density at radius 3 is 3.21 bits per heavy atom. The van der Waals surface area contributed by atoms with E-state index in [0.29, 0.717) is 5.75 Å². The van der Waals surface area contributed by atoms with E-state index in [1.54, 1.807) is 30.0 Å². The second kappa shape index (κ2) is 4.99. The number of phenolic OH excluding ortho intramolecular Hbond substituents is 1. The second-order valence-corrected chi connectivity index (χ2v) is 6.36. The van der Waals surface area contributed by atoms with Gasteiger partial charge in [0.15, 0.2) is 0 Å². The number of nitrogens with one attached hydrogen (secondary N) is 1. The number of rotatable bonds is 2. The van der Waals surface area contributed by atoms with Gasteiger partial charge in [0, 0.05) is 5.75 Å².